The number of halogens is 1. The molecule has 0 bridgehead atoms. The van der Waals surface area contributed by atoms with Crippen molar-refractivity contribution in [3.8, 4) is 11.1 Å². The first-order valence-electron chi connectivity index (χ1n) is 7.69. The summed E-state index contributed by atoms with van der Waals surface area (Å²) < 4.78 is 10.7. The number of esters is 1. The Bertz CT molecular complexity index is 635. The van der Waals surface area contributed by atoms with Gasteiger partial charge in [-0.2, -0.15) is 0 Å². The molecule has 0 amide bonds. The quantitative estimate of drug-likeness (QED) is 0.695. The van der Waals surface area contributed by atoms with Gasteiger partial charge in [-0.05, 0) is 49.6 Å². The molecule has 2 rings (SSSR count). The van der Waals surface area contributed by atoms with Gasteiger partial charge in [-0.1, -0.05) is 48.0 Å². The zero-order valence-corrected chi connectivity index (χ0v) is 14.3. The van der Waals surface area contributed by atoms with Crippen molar-refractivity contribution in [1.82, 2.24) is 0 Å². The van der Waals surface area contributed by atoms with Crippen LogP contribution in [0.4, 0.5) is 0 Å². The number of hydrogen-bond donors (Lipinski definition) is 0. The SMILES string of the molecule is CCOC(=O)C(C)OC(C)c1ccc(-c2ccc(Cl)cc2)cc1. The monoisotopic (exact) mass is 332 g/mol. The van der Waals surface area contributed by atoms with Crippen molar-refractivity contribution in [2.45, 2.75) is 33.0 Å². The summed E-state index contributed by atoms with van der Waals surface area (Å²) in [5.41, 5.74) is 3.23. The fraction of sp³-hybridized carbons (Fsp3) is 0.316. The van der Waals surface area contributed by atoms with Gasteiger partial charge in [0.05, 0.1) is 12.7 Å². The Hall–Kier alpha value is -1.84. The third-order valence-corrected chi connectivity index (χ3v) is 3.84. The topological polar surface area (TPSA) is 35.5 Å². The smallest absolute Gasteiger partial charge is 0.334 e. The van der Waals surface area contributed by atoms with E-state index in [1.165, 1.54) is 0 Å². The Kier molecular flexibility index (Phi) is 6.20. The summed E-state index contributed by atoms with van der Waals surface area (Å²) in [5.74, 6) is -0.336. The summed E-state index contributed by atoms with van der Waals surface area (Å²) in [4.78, 5) is 11.6. The molecule has 0 aliphatic heterocycles. The third-order valence-electron chi connectivity index (χ3n) is 3.58. The first kappa shape index (κ1) is 17.5. The second kappa shape index (κ2) is 8.14. The largest absolute Gasteiger partial charge is 0.464 e. The van der Waals surface area contributed by atoms with Crippen LogP contribution in [0.2, 0.25) is 5.02 Å². The van der Waals surface area contributed by atoms with Gasteiger partial charge in [-0.25, -0.2) is 4.79 Å². The summed E-state index contributed by atoms with van der Waals surface area (Å²) in [6.45, 7) is 5.77. The van der Waals surface area contributed by atoms with Crippen LogP contribution in [-0.4, -0.2) is 18.7 Å². The van der Waals surface area contributed by atoms with E-state index in [4.69, 9.17) is 21.1 Å². The highest BCUT2D eigenvalue weighted by atomic mass is 35.5. The van der Waals surface area contributed by atoms with Crippen molar-refractivity contribution in [3.05, 3.63) is 59.1 Å². The summed E-state index contributed by atoms with van der Waals surface area (Å²) in [7, 11) is 0. The summed E-state index contributed by atoms with van der Waals surface area (Å²) in [5, 5.41) is 0.723. The van der Waals surface area contributed by atoms with E-state index >= 15 is 0 Å². The van der Waals surface area contributed by atoms with Crippen LogP contribution in [0.25, 0.3) is 11.1 Å². The first-order valence-corrected chi connectivity index (χ1v) is 8.07. The number of hydrogen-bond acceptors (Lipinski definition) is 3. The van der Waals surface area contributed by atoms with Gasteiger partial charge in [0.1, 0.15) is 0 Å². The lowest BCUT2D eigenvalue weighted by Crippen LogP contribution is -2.24. The molecule has 0 N–H and O–H groups in total. The van der Waals surface area contributed by atoms with Crippen LogP contribution < -0.4 is 0 Å². The molecular weight excluding hydrogens is 312 g/mol. The molecule has 3 nitrogen and oxygen atoms in total. The minimum Gasteiger partial charge on any atom is -0.464 e. The van der Waals surface area contributed by atoms with Gasteiger partial charge >= 0.3 is 5.97 Å². The normalized spacial score (nSPS) is 13.4. The van der Waals surface area contributed by atoms with Gasteiger partial charge < -0.3 is 9.47 Å². The predicted molar refractivity (Wildman–Crippen MR) is 92.5 cm³/mol. The lowest BCUT2D eigenvalue weighted by atomic mass is 10.0. The molecule has 0 saturated carbocycles. The van der Waals surface area contributed by atoms with E-state index in [9.17, 15) is 4.79 Å². The summed E-state index contributed by atoms with van der Waals surface area (Å²) >= 11 is 5.91. The van der Waals surface area contributed by atoms with E-state index in [1.807, 2.05) is 55.5 Å². The molecule has 2 aromatic rings. The van der Waals surface area contributed by atoms with Crippen LogP contribution in [0.15, 0.2) is 48.5 Å². The van der Waals surface area contributed by atoms with Crippen LogP contribution >= 0.6 is 11.6 Å². The van der Waals surface area contributed by atoms with Crippen molar-refractivity contribution >= 4 is 17.6 Å². The average molecular weight is 333 g/mol. The summed E-state index contributed by atoms with van der Waals surface area (Å²) in [6, 6.07) is 15.8. The lowest BCUT2D eigenvalue weighted by Gasteiger charge is -2.18. The highest BCUT2D eigenvalue weighted by Crippen LogP contribution is 2.25. The van der Waals surface area contributed by atoms with E-state index in [-0.39, 0.29) is 12.1 Å². The summed E-state index contributed by atoms with van der Waals surface area (Å²) in [6.07, 6.45) is -0.769. The van der Waals surface area contributed by atoms with E-state index < -0.39 is 6.10 Å². The first-order chi connectivity index (χ1) is 11.0. The molecule has 4 heteroatoms. The van der Waals surface area contributed by atoms with Gasteiger partial charge in [0, 0.05) is 5.02 Å². The second-order valence-corrected chi connectivity index (χ2v) is 5.74. The van der Waals surface area contributed by atoms with Crippen molar-refractivity contribution < 1.29 is 14.3 Å². The van der Waals surface area contributed by atoms with Crippen LogP contribution in [0.3, 0.4) is 0 Å². The maximum absolute atomic E-state index is 11.6. The fourth-order valence-corrected chi connectivity index (χ4v) is 2.41. The predicted octanol–water partition coefficient (Wildman–Crippen LogP) is 5.04. The maximum atomic E-state index is 11.6. The zero-order chi connectivity index (χ0) is 16.8. The van der Waals surface area contributed by atoms with Crippen molar-refractivity contribution in [3.63, 3.8) is 0 Å². The van der Waals surface area contributed by atoms with Crippen molar-refractivity contribution in [2.75, 3.05) is 6.61 Å². The molecule has 0 radical (unpaired) electrons. The molecule has 2 atom stereocenters. The molecular formula is C19H21ClO3. The molecule has 23 heavy (non-hydrogen) atoms. The van der Waals surface area contributed by atoms with Crippen molar-refractivity contribution in [1.29, 1.82) is 0 Å². The standard InChI is InChI=1S/C19H21ClO3/c1-4-22-19(21)14(3)23-13(2)15-5-7-16(8-6-15)17-9-11-18(20)12-10-17/h5-14H,4H2,1-3H3. The molecule has 0 aromatic heterocycles. The highest BCUT2D eigenvalue weighted by molar-refractivity contribution is 6.30. The minimum absolute atomic E-state index is 0.186. The Morgan fingerprint density at radius 1 is 1.00 bits per heavy atom. The van der Waals surface area contributed by atoms with E-state index in [2.05, 4.69) is 0 Å². The number of rotatable bonds is 6. The molecule has 0 fully saturated rings. The fourth-order valence-electron chi connectivity index (χ4n) is 2.29. The number of carbonyl (C=O) groups is 1. The van der Waals surface area contributed by atoms with Crippen LogP contribution in [0, 0.1) is 0 Å². The van der Waals surface area contributed by atoms with Crippen LogP contribution in [0.1, 0.15) is 32.4 Å². The van der Waals surface area contributed by atoms with E-state index in [1.54, 1.807) is 13.8 Å². The molecule has 2 unspecified atom stereocenters. The molecule has 2 aromatic carbocycles. The van der Waals surface area contributed by atoms with Gasteiger partial charge in [0.2, 0.25) is 0 Å². The number of carbonyl (C=O) groups excluding carboxylic acids is 1. The van der Waals surface area contributed by atoms with Crippen LogP contribution in [-0.2, 0) is 14.3 Å². The second-order valence-electron chi connectivity index (χ2n) is 5.30. The van der Waals surface area contributed by atoms with Gasteiger partial charge in [-0.3, -0.25) is 0 Å². The molecule has 0 spiro atoms. The molecule has 122 valence electrons. The Morgan fingerprint density at radius 3 is 2.04 bits per heavy atom. The lowest BCUT2D eigenvalue weighted by molar-refractivity contribution is -0.158. The van der Waals surface area contributed by atoms with E-state index in [0.717, 1.165) is 21.7 Å². The van der Waals surface area contributed by atoms with Crippen LogP contribution in [0.5, 0.6) is 0 Å². The molecule has 0 aliphatic carbocycles. The number of ether oxygens (including phenoxy) is 2. The minimum atomic E-state index is -0.583. The highest BCUT2D eigenvalue weighted by Gasteiger charge is 2.18. The Labute approximate surface area is 142 Å². The maximum Gasteiger partial charge on any atom is 0.334 e. The van der Waals surface area contributed by atoms with Gasteiger partial charge in [-0.15, -0.1) is 0 Å². The Balaban J connectivity index is 2.04. The van der Waals surface area contributed by atoms with Gasteiger partial charge in [0.15, 0.2) is 6.10 Å². The van der Waals surface area contributed by atoms with Crippen molar-refractivity contribution in [2.24, 2.45) is 0 Å². The third kappa shape index (κ3) is 4.81. The number of benzene rings is 2. The average Bonchev–Trinajstić information content (AvgIpc) is 2.56. The zero-order valence-electron chi connectivity index (χ0n) is 13.6. The molecule has 0 heterocycles. The van der Waals surface area contributed by atoms with E-state index in [0.29, 0.717) is 6.61 Å². The molecule has 0 aliphatic rings. The van der Waals surface area contributed by atoms with Gasteiger partial charge in [0.25, 0.3) is 0 Å². The molecule has 0 saturated heterocycles. The Morgan fingerprint density at radius 2 is 1.52 bits per heavy atom.